The van der Waals surface area contributed by atoms with Crippen molar-refractivity contribution >= 4 is 0 Å². The van der Waals surface area contributed by atoms with E-state index in [1.54, 1.807) is 0 Å². The fourth-order valence-corrected chi connectivity index (χ4v) is 2.93. The molecular formula is C19H34N2. The van der Waals surface area contributed by atoms with Gasteiger partial charge in [-0.05, 0) is 64.2 Å². The summed E-state index contributed by atoms with van der Waals surface area (Å²) in [7, 11) is 6.52. The third-order valence-corrected chi connectivity index (χ3v) is 4.31. The molecule has 0 spiro atoms. The molecule has 1 aliphatic rings. The highest BCUT2D eigenvalue weighted by Gasteiger charge is 2.16. The zero-order chi connectivity index (χ0) is 15.8. The molecule has 0 aromatic rings. The molecule has 0 saturated carbocycles. The molecule has 0 aromatic carbocycles. The van der Waals surface area contributed by atoms with Crippen LogP contribution in [0.4, 0.5) is 0 Å². The van der Waals surface area contributed by atoms with E-state index in [4.69, 9.17) is 0 Å². The summed E-state index contributed by atoms with van der Waals surface area (Å²) in [4.78, 5) is 4.67. The van der Waals surface area contributed by atoms with E-state index in [1.807, 2.05) is 0 Å². The van der Waals surface area contributed by atoms with Crippen molar-refractivity contribution in [2.75, 3.05) is 34.2 Å². The fourth-order valence-electron chi connectivity index (χ4n) is 2.93. The molecule has 2 unspecified atom stereocenters. The van der Waals surface area contributed by atoms with Crippen LogP contribution in [0.2, 0.25) is 0 Å². The summed E-state index contributed by atoms with van der Waals surface area (Å²) in [5.41, 5.74) is 2.84. The number of nitrogens with zero attached hydrogens (tertiary/aromatic N) is 2. The lowest BCUT2D eigenvalue weighted by molar-refractivity contribution is 0.340. The quantitative estimate of drug-likeness (QED) is 0.644. The highest BCUT2D eigenvalue weighted by Crippen LogP contribution is 2.26. The molecule has 120 valence electrons. The Labute approximate surface area is 132 Å². The number of hydrogen-bond donors (Lipinski definition) is 0. The zero-order valence-electron chi connectivity index (χ0n) is 14.9. The molecule has 0 heterocycles. The zero-order valence-corrected chi connectivity index (χ0v) is 14.9. The summed E-state index contributed by atoms with van der Waals surface area (Å²) in [6, 6.07) is 0. The van der Waals surface area contributed by atoms with Gasteiger partial charge in [-0.2, -0.15) is 0 Å². The first-order valence-corrected chi connectivity index (χ1v) is 8.37. The lowest BCUT2D eigenvalue weighted by Crippen LogP contribution is -2.21. The predicted octanol–water partition coefficient (Wildman–Crippen LogP) is 4.32. The first-order valence-electron chi connectivity index (χ1n) is 8.37. The van der Waals surface area contributed by atoms with E-state index in [1.165, 1.54) is 24.1 Å². The first-order chi connectivity index (χ1) is 9.95. The SMILES string of the molecule is CCCN(C)C1=CC/C=C\C(C(C)CCN(C)C)C=C1C. The second-order valence-corrected chi connectivity index (χ2v) is 6.67. The molecule has 0 saturated heterocycles. The van der Waals surface area contributed by atoms with Gasteiger partial charge in [0.25, 0.3) is 0 Å². The van der Waals surface area contributed by atoms with E-state index in [9.17, 15) is 0 Å². The van der Waals surface area contributed by atoms with Gasteiger partial charge in [0.05, 0.1) is 0 Å². The average Bonchev–Trinajstić information content (AvgIpc) is 2.40. The summed E-state index contributed by atoms with van der Waals surface area (Å²) >= 11 is 0. The van der Waals surface area contributed by atoms with Gasteiger partial charge in [0.15, 0.2) is 0 Å². The molecule has 21 heavy (non-hydrogen) atoms. The van der Waals surface area contributed by atoms with E-state index >= 15 is 0 Å². The van der Waals surface area contributed by atoms with E-state index in [0.29, 0.717) is 11.8 Å². The second-order valence-electron chi connectivity index (χ2n) is 6.67. The monoisotopic (exact) mass is 290 g/mol. The van der Waals surface area contributed by atoms with Crippen molar-refractivity contribution in [3.8, 4) is 0 Å². The van der Waals surface area contributed by atoms with Crippen molar-refractivity contribution in [3.63, 3.8) is 0 Å². The Morgan fingerprint density at radius 2 is 1.95 bits per heavy atom. The molecule has 0 radical (unpaired) electrons. The van der Waals surface area contributed by atoms with Crippen LogP contribution in [0, 0.1) is 11.8 Å². The molecule has 0 fully saturated rings. The van der Waals surface area contributed by atoms with E-state index in [2.05, 4.69) is 76.0 Å². The van der Waals surface area contributed by atoms with Crippen molar-refractivity contribution in [3.05, 3.63) is 35.6 Å². The normalized spacial score (nSPS) is 22.1. The van der Waals surface area contributed by atoms with Crippen LogP contribution in [-0.4, -0.2) is 44.0 Å². The number of hydrogen-bond acceptors (Lipinski definition) is 2. The lowest BCUT2D eigenvalue weighted by atomic mass is 9.87. The Bertz CT molecular complexity index is 390. The third kappa shape index (κ3) is 6.09. The van der Waals surface area contributed by atoms with Gasteiger partial charge in [0.1, 0.15) is 0 Å². The van der Waals surface area contributed by atoms with Gasteiger partial charge in [-0.3, -0.25) is 0 Å². The van der Waals surface area contributed by atoms with E-state index in [-0.39, 0.29) is 0 Å². The minimum atomic E-state index is 0.559. The maximum atomic E-state index is 2.47. The van der Waals surface area contributed by atoms with Crippen LogP contribution >= 0.6 is 0 Å². The molecule has 0 aliphatic heterocycles. The van der Waals surface area contributed by atoms with Crippen LogP contribution in [0.5, 0.6) is 0 Å². The van der Waals surface area contributed by atoms with Crippen molar-refractivity contribution < 1.29 is 0 Å². The fraction of sp³-hybridized carbons (Fsp3) is 0.684. The molecule has 2 nitrogen and oxygen atoms in total. The maximum absolute atomic E-state index is 2.47. The smallest absolute Gasteiger partial charge is 0.0352 e. The summed E-state index contributed by atoms with van der Waals surface area (Å²) in [6.45, 7) is 9.18. The molecule has 0 bridgehead atoms. The molecule has 1 aliphatic carbocycles. The highest BCUT2D eigenvalue weighted by atomic mass is 15.1. The largest absolute Gasteiger partial charge is 0.375 e. The molecular weight excluding hydrogens is 256 g/mol. The van der Waals surface area contributed by atoms with Crippen molar-refractivity contribution in [2.24, 2.45) is 11.8 Å². The number of likely N-dealkylation sites (N-methyl/N-ethyl adjacent to an activating group) is 1. The van der Waals surface area contributed by atoms with Crippen LogP contribution in [-0.2, 0) is 0 Å². The predicted molar refractivity (Wildman–Crippen MR) is 94.3 cm³/mol. The molecule has 1 rings (SSSR count). The Hall–Kier alpha value is -1.02. The lowest BCUT2D eigenvalue weighted by Gasteiger charge is -2.26. The van der Waals surface area contributed by atoms with Gasteiger partial charge in [-0.1, -0.05) is 38.2 Å². The van der Waals surface area contributed by atoms with Crippen LogP contribution in [0.15, 0.2) is 35.6 Å². The van der Waals surface area contributed by atoms with Gasteiger partial charge in [-0.15, -0.1) is 0 Å². The van der Waals surface area contributed by atoms with Crippen molar-refractivity contribution in [1.82, 2.24) is 9.80 Å². The minimum Gasteiger partial charge on any atom is -0.375 e. The average molecular weight is 290 g/mol. The Morgan fingerprint density at radius 1 is 1.24 bits per heavy atom. The van der Waals surface area contributed by atoms with E-state index < -0.39 is 0 Å². The van der Waals surface area contributed by atoms with Crippen LogP contribution in [0.3, 0.4) is 0 Å². The summed E-state index contributed by atoms with van der Waals surface area (Å²) in [6.07, 6.45) is 13.0. The number of rotatable bonds is 7. The van der Waals surface area contributed by atoms with Gasteiger partial charge in [0.2, 0.25) is 0 Å². The summed E-state index contributed by atoms with van der Waals surface area (Å²) in [5, 5.41) is 0. The third-order valence-electron chi connectivity index (χ3n) is 4.31. The standard InChI is InChI=1S/C19H34N2/c1-7-13-21(6)19-11-9-8-10-18(15-17(19)3)16(2)12-14-20(4)5/h8,10-11,15-16,18H,7,9,12-14H2,1-6H3/b10-8-,17-15?,19-11?. The van der Waals surface area contributed by atoms with Crippen LogP contribution in [0.1, 0.15) is 40.0 Å². The Morgan fingerprint density at radius 3 is 2.57 bits per heavy atom. The Kier molecular flexibility index (Phi) is 7.81. The maximum Gasteiger partial charge on any atom is 0.0352 e. The molecule has 0 N–H and O–H groups in total. The van der Waals surface area contributed by atoms with Crippen molar-refractivity contribution in [2.45, 2.75) is 40.0 Å². The van der Waals surface area contributed by atoms with E-state index in [0.717, 1.165) is 19.5 Å². The van der Waals surface area contributed by atoms with Crippen molar-refractivity contribution in [1.29, 1.82) is 0 Å². The van der Waals surface area contributed by atoms with Gasteiger partial charge >= 0.3 is 0 Å². The molecule has 2 atom stereocenters. The van der Waals surface area contributed by atoms with Crippen LogP contribution in [0.25, 0.3) is 0 Å². The molecule has 0 amide bonds. The first kappa shape index (κ1) is 18.0. The van der Waals surface area contributed by atoms with Gasteiger partial charge < -0.3 is 9.80 Å². The molecule has 0 aromatic heterocycles. The highest BCUT2D eigenvalue weighted by molar-refractivity contribution is 5.31. The molecule has 2 heteroatoms. The summed E-state index contributed by atoms with van der Waals surface area (Å²) in [5.74, 6) is 1.25. The second kappa shape index (κ2) is 9.09. The minimum absolute atomic E-state index is 0.559. The van der Waals surface area contributed by atoms with Gasteiger partial charge in [-0.25, -0.2) is 0 Å². The topological polar surface area (TPSA) is 6.48 Å². The van der Waals surface area contributed by atoms with Gasteiger partial charge in [0, 0.05) is 19.3 Å². The summed E-state index contributed by atoms with van der Waals surface area (Å²) < 4.78 is 0. The number of allylic oxidation sites excluding steroid dienone is 5. The Balaban J connectivity index is 2.81. The van der Waals surface area contributed by atoms with Crippen LogP contribution < -0.4 is 0 Å².